The number of nitrogens with zero attached hydrogens (tertiary/aromatic N) is 1. The lowest BCUT2D eigenvalue weighted by Gasteiger charge is -2.34. The second kappa shape index (κ2) is 6.20. The quantitative estimate of drug-likeness (QED) is 0.906. The number of piperidine rings is 1. The van der Waals surface area contributed by atoms with E-state index in [0.717, 1.165) is 18.7 Å². The van der Waals surface area contributed by atoms with E-state index in [9.17, 15) is 4.79 Å². The molecule has 1 heterocycles. The van der Waals surface area contributed by atoms with Gasteiger partial charge in [0.1, 0.15) is 0 Å². The molecule has 19 heavy (non-hydrogen) atoms. The van der Waals surface area contributed by atoms with Crippen molar-refractivity contribution in [2.45, 2.75) is 38.6 Å². The maximum atomic E-state index is 11.7. The van der Waals surface area contributed by atoms with Crippen molar-refractivity contribution >= 4 is 5.91 Å². The van der Waals surface area contributed by atoms with Crippen LogP contribution in [0.5, 0.6) is 0 Å². The molecule has 1 N–H and O–H groups in total. The highest BCUT2D eigenvalue weighted by Gasteiger charge is 2.22. The summed E-state index contributed by atoms with van der Waals surface area (Å²) >= 11 is 0. The van der Waals surface area contributed by atoms with E-state index in [2.05, 4.69) is 36.2 Å². The lowest BCUT2D eigenvalue weighted by molar-refractivity contribution is 0.0963. The highest BCUT2D eigenvalue weighted by molar-refractivity contribution is 5.94. The molecule has 1 aliphatic rings. The molecule has 104 valence electrons. The minimum Gasteiger partial charge on any atom is -0.355 e. The number of likely N-dealkylation sites (tertiary alicyclic amines) is 1. The number of amides is 1. The first-order chi connectivity index (χ1) is 9.11. The SMILES string of the molecule is CNC(=O)c1cccc(C2CCN(C(C)C)CC2)c1. The number of benzene rings is 1. The van der Waals surface area contributed by atoms with Crippen LogP contribution in [0.2, 0.25) is 0 Å². The van der Waals surface area contributed by atoms with E-state index >= 15 is 0 Å². The molecule has 0 unspecified atom stereocenters. The average Bonchev–Trinajstić information content (AvgIpc) is 2.46. The van der Waals surface area contributed by atoms with E-state index in [1.54, 1.807) is 7.05 Å². The van der Waals surface area contributed by atoms with Gasteiger partial charge in [0.05, 0.1) is 0 Å². The fraction of sp³-hybridized carbons (Fsp3) is 0.562. The van der Waals surface area contributed by atoms with Crippen LogP contribution in [0.15, 0.2) is 24.3 Å². The highest BCUT2D eigenvalue weighted by Crippen LogP contribution is 2.29. The molecule has 1 fully saturated rings. The number of hydrogen-bond donors (Lipinski definition) is 1. The van der Waals surface area contributed by atoms with Crippen LogP contribution in [-0.2, 0) is 0 Å². The van der Waals surface area contributed by atoms with Gasteiger partial charge in [-0.2, -0.15) is 0 Å². The minimum atomic E-state index is 0.00136. The second-order valence-electron chi connectivity index (χ2n) is 5.61. The van der Waals surface area contributed by atoms with Crippen molar-refractivity contribution in [3.05, 3.63) is 35.4 Å². The maximum absolute atomic E-state index is 11.7. The van der Waals surface area contributed by atoms with E-state index in [1.165, 1.54) is 18.4 Å². The van der Waals surface area contributed by atoms with Crippen LogP contribution < -0.4 is 5.32 Å². The molecule has 0 saturated carbocycles. The largest absolute Gasteiger partial charge is 0.355 e. The lowest BCUT2D eigenvalue weighted by Crippen LogP contribution is -2.37. The Morgan fingerprint density at radius 2 is 2.00 bits per heavy atom. The molecule has 2 rings (SSSR count). The first-order valence-electron chi connectivity index (χ1n) is 7.18. The van der Waals surface area contributed by atoms with Gasteiger partial charge in [0.15, 0.2) is 0 Å². The molecule has 0 bridgehead atoms. The summed E-state index contributed by atoms with van der Waals surface area (Å²) in [4.78, 5) is 14.2. The van der Waals surface area contributed by atoms with Crippen LogP contribution in [0.4, 0.5) is 0 Å². The molecule has 3 heteroatoms. The van der Waals surface area contributed by atoms with Gasteiger partial charge >= 0.3 is 0 Å². The van der Waals surface area contributed by atoms with Gasteiger partial charge in [0, 0.05) is 18.7 Å². The van der Waals surface area contributed by atoms with Gasteiger partial charge in [0.25, 0.3) is 5.91 Å². The molecule has 1 saturated heterocycles. The molecule has 1 amide bonds. The van der Waals surface area contributed by atoms with Crippen LogP contribution in [0.25, 0.3) is 0 Å². The first kappa shape index (κ1) is 14.1. The molecule has 0 radical (unpaired) electrons. The second-order valence-corrected chi connectivity index (χ2v) is 5.61. The van der Waals surface area contributed by atoms with Crippen molar-refractivity contribution in [1.82, 2.24) is 10.2 Å². The summed E-state index contributed by atoms with van der Waals surface area (Å²) in [5.74, 6) is 0.598. The smallest absolute Gasteiger partial charge is 0.251 e. The fourth-order valence-electron chi connectivity index (χ4n) is 2.83. The third kappa shape index (κ3) is 3.35. The molecule has 0 spiro atoms. The number of carbonyl (C=O) groups excluding carboxylic acids is 1. The molecule has 1 aromatic rings. The van der Waals surface area contributed by atoms with Crippen LogP contribution >= 0.6 is 0 Å². The Morgan fingerprint density at radius 3 is 2.58 bits per heavy atom. The predicted molar refractivity (Wildman–Crippen MR) is 78.5 cm³/mol. The Balaban J connectivity index is 2.05. The summed E-state index contributed by atoms with van der Waals surface area (Å²) in [5.41, 5.74) is 2.08. The van der Waals surface area contributed by atoms with Gasteiger partial charge in [0.2, 0.25) is 0 Å². The monoisotopic (exact) mass is 260 g/mol. The minimum absolute atomic E-state index is 0.00136. The molecule has 3 nitrogen and oxygen atoms in total. The Labute approximate surface area is 116 Å². The average molecular weight is 260 g/mol. The van der Waals surface area contributed by atoms with E-state index < -0.39 is 0 Å². The topological polar surface area (TPSA) is 32.3 Å². The van der Waals surface area contributed by atoms with Gasteiger partial charge in [-0.3, -0.25) is 4.79 Å². The van der Waals surface area contributed by atoms with Gasteiger partial charge in [-0.15, -0.1) is 0 Å². The summed E-state index contributed by atoms with van der Waals surface area (Å²) in [7, 11) is 1.68. The normalized spacial score (nSPS) is 17.7. The van der Waals surface area contributed by atoms with Crippen molar-refractivity contribution < 1.29 is 4.79 Å². The Bertz CT molecular complexity index is 434. The summed E-state index contributed by atoms with van der Waals surface area (Å²) in [6.45, 7) is 6.83. The molecule has 0 aliphatic carbocycles. The zero-order valence-corrected chi connectivity index (χ0v) is 12.1. The highest BCUT2D eigenvalue weighted by atomic mass is 16.1. The van der Waals surface area contributed by atoms with Crippen molar-refractivity contribution in [3.63, 3.8) is 0 Å². The Kier molecular flexibility index (Phi) is 4.59. The Morgan fingerprint density at radius 1 is 1.32 bits per heavy atom. The van der Waals surface area contributed by atoms with Crippen molar-refractivity contribution in [2.75, 3.05) is 20.1 Å². The third-order valence-corrected chi connectivity index (χ3v) is 4.11. The number of rotatable bonds is 3. The number of nitrogens with one attached hydrogen (secondary N) is 1. The van der Waals surface area contributed by atoms with Crippen LogP contribution in [0.1, 0.15) is 48.5 Å². The number of hydrogen-bond acceptors (Lipinski definition) is 2. The van der Waals surface area contributed by atoms with Crippen LogP contribution in [-0.4, -0.2) is 37.0 Å². The van der Waals surface area contributed by atoms with Gasteiger partial charge in [-0.25, -0.2) is 0 Å². The number of carbonyl (C=O) groups is 1. The summed E-state index contributed by atoms with van der Waals surface area (Å²) in [6, 6.07) is 8.72. The van der Waals surface area contributed by atoms with E-state index in [0.29, 0.717) is 12.0 Å². The van der Waals surface area contributed by atoms with Crippen molar-refractivity contribution in [2.24, 2.45) is 0 Å². The van der Waals surface area contributed by atoms with E-state index in [-0.39, 0.29) is 5.91 Å². The summed E-state index contributed by atoms with van der Waals surface area (Å²) in [6.07, 6.45) is 2.38. The molecule has 1 aliphatic heterocycles. The third-order valence-electron chi connectivity index (χ3n) is 4.11. The zero-order valence-electron chi connectivity index (χ0n) is 12.1. The standard InChI is InChI=1S/C16H24N2O/c1-12(2)18-9-7-13(8-10-18)14-5-4-6-15(11-14)16(19)17-3/h4-6,11-13H,7-10H2,1-3H3,(H,17,19). The molecule has 0 atom stereocenters. The van der Waals surface area contributed by atoms with Gasteiger partial charge in [-0.1, -0.05) is 12.1 Å². The van der Waals surface area contributed by atoms with E-state index in [1.807, 2.05) is 12.1 Å². The lowest BCUT2D eigenvalue weighted by atomic mass is 9.88. The molecular weight excluding hydrogens is 236 g/mol. The summed E-state index contributed by atoms with van der Waals surface area (Å²) in [5, 5.41) is 2.69. The van der Waals surface area contributed by atoms with Crippen LogP contribution in [0.3, 0.4) is 0 Å². The van der Waals surface area contributed by atoms with E-state index in [4.69, 9.17) is 0 Å². The van der Waals surface area contributed by atoms with Gasteiger partial charge < -0.3 is 10.2 Å². The van der Waals surface area contributed by atoms with Crippen LogP contribution in [0, 0.1) is 0 Å². The zero-order chi connectivity index (χ0) is 13.8. The maximum Gasteiger partial charge on any atom is 0.251 e. The van der Waals surface area contributed by atoms with Crippen molar-refractivity contribution in [1.29, 1.82) is 0 Å². The first-order valence-corrected chi connectivity index (χ1v) is 7.18. The Hall–Kier alpha value is -1.35. The molecular formula is C16H24N2O. The predicted octanol–water partition coefficient (Wildman–Crippen LogP) is 2.63. The van der Waals surface area contributed by atoms with Gasteiger partial charge in [-0.05, 0) is 63.4 Å². The van der Waals surface area contributed by atoms with Crippen molar-refractivity contribution in [3.8, 4) is 0 Å². The summed E-state index contributed by atoms with van der Waals surface area (Å²) < 4.78 is 0. The molecule has 0 aromatic heterocycles. The fourth-order valence-corrected chi connectivity index (χ4v) is 2.83. The molecule has 1 aromatic carbocycles.